The van der Waals surface area contributed by atoms with Gasteiger partial charge in [0, 0.05) is 12.0 Å². The van der Waals surface area contributed by atoms with Crippen LogP contribution in [0.4, 0.5) is 0 Å². The van der Waals surface area contributed by atoms with Crippen molar-refractivity contribution in [3.05, 3.63) is 35.4 Å². The molecule has 0 aliphatic heterocycles. The Morgan fingerprint density at radius 1 is 1.19 bits per heavy atom. The van der Waals surface area contributed by atoms with Crippen molar-refractivity contribution in [1.82, 2.24) is 5.32 Å². The van der Waals surface area contributed by atoms with E-state index < -0.39 is 5.97 Å². The van der Waals surface area contributed by atoms with Crippen LogP contribution in [0.1, 0.15) is 54.9 Å². The van der Waals surface area contributed by atoms with Crippen LogP contribution >= 0.6 is 0 Å². The van der Waals surface area contributed by atoms with Gasteiger partial charge in [0.1, 0.15) is 0 Å². The van der Waals surface area contributed by atoms with Crippen molar-refractivity contribution in [2.75, 3.05) is 6.54 Å². The van der Waals surface area contributed by atoms with Crippen molar-refractivity contribution in [3.63, 3.8) is 0 Å². The number of nitrogens with one attached hydrogen (secondary N) is 1. The molecule has 0 bridgehead atoms. The largest absolute Gasteiger partial charge is 0.478 e. The third-order valence-electron chi connectivity index (χ3n) is 4.43. The summed E-state index contributed by atoms with van der Waals surface area (Å²) in [6.07, 6.45) is 5.89. The Bertz CT molecular complexity index is 519. The lowest BCUT2D eigenvalue weighted by molar-refractivity contribution is -0.131. The second-order valence-electron chi connectivity index (χ2n) is 6.09. The first-order valence-corrected chi connectivity index (χ1v) is 7.62. The van der Waals surface area contributed by atoms with Gasteiger partial charge < -0.3 is 10.4 Å². The lowest BCUT2D eigenvalue weighted by Gasteiger charge is -2.32. The summed E-state index contributed by atoms with van der Waals surface area (Å²) in [7, 11) is 0. The van der Waals surface area contributed by atoms with E-state index in [0.29, 0.717) is 18.5 Å². The van der Waals surface area contributed by atoms with E-state index in [1.165, 1.54) is 6.42 Å². The van der Waals surface area contributed by atoms with E-state index in [1.807, 2.05) is 13.0 Å². The molecule has 114 valence electrons. The molecule has 0 heterocycles. The van der Waals surface area contributed by atoms with Crippen molar-refractivity contribution < 1.29 is 14.7 Å². The molecule has 1 amide bonds. The molecule has 0 unspecified atom stereocenters. The van der Waals surface area contributed by atoms with E-state index in [-0.39, 0.29) is 11.3 Å². The molecule has 4 heteroatoms. The first kappa shape index (κ1) is 15.5. The quantitative estimate of drug-likeness (QED) is 0.875. The highest BCUT2D eigenvalue weighted by molar-refractivity contribution is 5.89. The SMILES string of the molecule is CC1(C(=O)NCCc2ccccc2C(=O)O)CCCCC1. The van der Waals surface area contributed by atoms with Gasteiger partial charge in [-0.05, 0) is 30.9 Å². The normalized spacial score (nSPS) is 17.2. The molecule has 1 saturated carbocycles. The standard InChI is InChI=1S/C17H23NO3/c1-17(10-5-2-6-11-17)16(21)18-12-9-13-7-3-4-8-14(13)15(19)20/h3-4,7-8H,2,5-6,9-12H2,1H3,(H,18,21)(H,19,20). The smallest absolute Gasteiger partial charge is 0.335 e. The lowest BCUT2D eigenvalue weighted by atomic mass is 9.75. The van der Waals surface area contributed by atoms with Gasteiger partial charge in [0.05, 0.1) is 5.56 Å². The second-order valence-corrected chi connectivity index (χ2v) is 6.09. The molecular weight excluding hydrogens is 266 g/mol. The molecule has 2 rings (SSSR count). The summed E-state index contributed by atoms with van der Waals surface area (Å²) in [4.78, 5) is 23.4. The van der Waals surface area contributed by atoms with Gasteiger partial charge in [-0.15, -0.1) is 0 Å². The molecule has 1 aliphatic rings. The van der Waals surface area contributed by atoms with Crippen molar-refractivity contribution in [2.24, 2.45) is 5.41 Å². The molecule has 4 nitrogen and oxygen atoms in total. The summed E-state index contributed by atoms with van der Waals surface area (Å²) in [5, 5.41) is 12.1. The molecule has 0 atom stereocenters. The van der Waals surface area contributed by atoms with E-state index in [4.69, 9.17) is 5.11 Å². The van der Waals surface area contributed by atoms with Gasteiger partial charge in [-0.1, -0.05) is 44.4 Å². The average molecular weight is 289 g/mol. The van der Waals surface area contributed by atoms with E-state index in [1.54, 1.807) is 18.2 Å². The van der Waals surface area contributed by atoms with Gasteiger partial charge in [0.25, 0.3) is 0 Å². The summed E-state index contributed by atoms with van der Waals surface area (Å²) >= 11 is 0. The highest BCUT2D eigenvalue weighted by atomic mass is 16.4. The Balaban J connectivity index is 1.90. The van der Waals surface area contributed by atoms with Crippen molar-refractivity contribution in [1.29, 1.82) is 0 Å². The molecule has 0 radical (unpaired) electrons. The number of rotatable bonds is 5. The summed E-state index contributed by atoms with van der Waals surface area (Å²) in [6, 6.07) is 6.94. The molecule has 1 aromatic rings. The van der Waals surface area contributed by atoms with Crippen molar-refractivity contribution in [3.8, 4) is 0 Å². The van der Waals surface area contributed by atoms with Crippen LogP contribution in [-0.2, 0) is 11.2 Å². The number of carbonyl (C=O) groups excluding carboxylic acids is 1. The monoisotopic (exact) mass is 289 g/mol. The van der Waals surface area contributed by atoms with Crippen LogP contribution in [0.25, 0.3) is 0 Å². The third-order valence-corrected chi connectivity index (χ3v) is 4.43. The molecule has 21 heavy (non-hydrogen) atoms. The van der Waals surface area contributed by atoms with E-state index >= 15 is 0 Å². The summed E-state index contributed by atoms with van der Waals surface area (Å²) in [5.74, 6) is -0.814. The zero-order chi connectivity index (χ0) is 15.3. The zero-order valence-electron chi connectivity index (χ0n) is 12.5. The highest BCUT2D eigenvalue weighted by Gasteiger charge is 2.34. The van der Waals surface area contributed by atoms with E-state index in [0.717, 1.165) is 31.2 Å². The van der Waals surface area contributed by atoms with Crippen LogP contribution in [0, 0.1) is 5.41 Å². The van der Waals surface area contributed by atoms with Gasteiger partial charge in [-0.25, -0.2) is 4.79 Å². The molecule has 0 aromatic heterocycles. The lowest BCUT2D eigenvalue weighted by Crippen LogP contribution is -2.41. The Morgan fingerprint density at radius 3 is 2.52 bits per heavy atom. The Morgan fingerprint density at radius 2 is 1.86 bits per heavy atom. The fraction of sp³-hybridized carbons (Fsp3) is 0.529. The van der Waals surface area contributed by atoms with Crippen LogP contribution in [0.2, 0.25) is 0 Å². The fourth-order valence-electron chi connectivity index (χ4n) is 3.03. The van der Waals surface area contributed by atoms with Crippen molar-refractivity contribution in [2.45, 2.75) is 45.4 Å². The Kier molecular flexibility index (Phi) is 4.99. The first-order chi connectivity index (χ1) is 10.0. The minimum Gasteiger partial charge on any atom is -0.478 e. The number of hydrogen-bond acceptors (Lipinski definition) is 2. The molecule has 1 aromatic carbocycles. The Labute approximate surface area is 125 Å². The molecule has 0 saturated heterocycles. The molecule has 2 N–H and O–H groups in total. The minimum absolute atomic E-state index is 0.106. The van der Waals surface area contributed by atoms with E-state index in [2.05, 4.69) is 5.32 Å². The number of carboxylic acid groups (broad SMARTS) is 1. The van der Waals surface area contributed by atoms with Gasteiger partial charge >= 0.3 is 5.97 Å². The summed E-state index contributed by atoms with van der Waals surface area (Å²) < 4.78 is 0. The maximum absolute atomic E-state index is 12.3. The number of benzene rings is 1. The van der Waals surface area contributed by atoms with Crippen molar-refractivity contribution >= 4 is 11.9 Å². The van der Waals surface area contributed by atoms with Crippen LogP contribution in [-0.4, -0.2) is 23.5 Å². The van der Waals surface area contributed by atoms with Crippen LogP contribution in [0.15, 0.2) is 24.3 Å². The van der Waals surface area contributed by atoms with Gasteiger partial charge in [0.15, 0.2) is 0 Å². The minimum atomic E-state index is -0.920. The van der Waals surface area contributed by atoms with E-state index in [9.17, 15) is 9.59 Å². The van der Waals surface area contributed by atoms with Crippen LogP contribution < -0.4 is 5.32 Å². The number of hydrogen-bond donors (Lipinski definition) is 2. The first-order valence-electron chi connectivity index (χ1n) is 7.62. The Hall–Kier alpha value is -1.84. The highest BCUT2D eigenvalue weighted by Crippen LogP contribution is 2.35. The number of carbonyl (C=O) groups is 2. The van der Waals surface area contributed by atoms with Gasteiger partial charge in [0.2, 0.25) is 5.91 Å². The molecule has 1 fully saturated rings. The predicted octanol–water partition coefficient (Wildman–Crippen LogP) is 3.01. The molecular formula is C17H23NO3. The molecule has 1 aliphatic carbocycles. The van der Waals surface area contributed by atoms with Gasteiger partial charge in [-0.2, -0.15) is 0 Å². The second kappa shape index (κ2) is 6.74. The topological polar surface area (TPSA) is 66.4 Å². The maximum Gasteiger partial charge on any atom is 0.335 e. The summed E-state index contributed by atoms with van der Waals surface area (Å²) in [5.41, 5.74) is 0.833. The predicted molar refractivity (Wildman–Crippen MR) is 81.3 cm³/mol. The third kappa shape index (κ3) is 3.84. The number of carboxylic acids is 1. The van der Waals surface area contributed by atoms with Crippen LogP contribution in [0.5, 0.6) is 0 Å². The zero-order valence-corrected chi connectivity index (χ0v) is 12.5. The summed E-state index contributed by atoms with van der Waals surface area (Å²) in [6.45, 7) is 2.52. The van der Waals surface area contributed by atoms with Gasteiger partial charge in [-0.3, -0.25) is 4.79 Å². The maximum atomic E-state index is 12.3. The van der Waals surface area contributed by atoms with Crippen LogP contribution in [0.3, 0.4) is 0 Å². The fourth-order valence-corrected chi connectivity index (χ4v) is 3.03. The average Bonchev–Trinajstić information content (AvgIpc) is 2.48. The number of amides is 1. The number of aromatic carboxylic acids is 1. The molecule has 0 spiro atoms.